The summed E-state index contributed by atoms with van der Waals surface area (Å²) in [6.45, 7) is 0.835. The highest BCUT2D eigenvalue weighted by molar-refractivity contribution is 6.31. The Morgan fingerprint density at radius 3 is 2.76 bits per heavy atom. The Balaban J connectivity index is 2.71. The fourth-order valence-corrected chi connectivity index (χ4v) is 1.67. The zero-order valence-electron chi connectivity index (χ0n) is 10.1. The number of hydrogen-bond acceptors (Lipinski definition) is 3. The normalized spacial score (nSPS) is 10.1. The molecule has 0 heterocycles. The quantitative estimate of drug-likeness (QED) is 0.872. The molecular formula is C12H17ClN2O2. The average Bonchev–Trinajstić information content (AvgIpc) is 2.31. The second-order valence-electron chi connectivity index (χ2n) is 3.75. The van der Waals surface area contributed by atoms with Crippen molar-refractivity contribution in [3.8, 4) is 5.75 Å². The predicted octanol–water partition coefficient (Wildman–Crippen LogP) is 1.66. The number of rotatable bonds is 5. The van der Waals surface area contributed by atoms with Crippen molar-refractivity contribution < 1.29 is 9.53 Å². The lowest BCUT2D eigenvalue weighted by atomic mass is 10.2. The molecule has 17 heavy (non-hydrogen) atoms. The molecule has 0 saturated carbocycles. The van der Waals surface area contributed by atoms with Gasteiger partial charge >= 0.3 is 0 Å². The van der Waals surface area contributed by atoms with Gasteiger partial charge in [0.2, 0.25) is 5.91 Å². The highest BCUT2D eigenvalue weighted by Crippen LogP contribution is 2.23. The van der Waals surface area contributed by atoms with E-state index in [4.69, 9.17) is 22.1 Å². The molecule has 0 aliphatic carbocycles. The lowest BCUT2D eigenvalue weighted by Gasteiger charge is -2.18. The van der Waals surface area contributed by atoms with Crippen LogP contribution in [0.2, 0.25) is 5.02 Å². The van der Waals surface area contributed by atoms with Crippen LogP contribution in [0.25, 0.3) is 0 Å². The van der Waals surface area contributed by atoms with E-state index >= 15 is 0 Å². The molecule has 0 aromatic heterocycles. The molecule has 4 nitrogen and oxygen atoms in total. The number of amides is 1. The molecule has 0 unspecified atom stereocenters. The van der Waals surface area contributed by atoms with Gasteiger partial charge in [-0.2, -0.15) is 0 Å². The lowest BCUT2D eigenvalue weighted by Crippen LogP contribution is -2.28. The second-order valence-corrected chi connectivity index (χ2v) is 4.15. The number of hydrogen-bond donors (Lipinski definition) is 1. The molecule has 0 aliphatic heterocycles. The molecular weight excluding hydrogens is 240 g/mol. The Morgan fingerprint density at radius 1 is 1.53 bits per heavy atom. The maximum Gasteiger partial charge on any atom is 0.223 e. The molecule has 0 radical (unpaired) electrons. The third-order valence-corrected chi connectivity index (χ3v) is 2.80. The third-order valence-electron chi connectivity index (χ3n) is 2.45. The van der Waals surface area contributed by atoms with Crippen molar-refractivity contribution in [2.24, 2.45) is 5.73 Å². The first-order valence-corrected chi connectivity index (χ1v) is 5.72. The Labute approximate surface area is 106 Å². The summed E-state index contributed by atoms with van der Waals surface area (Å²) in [7, 11) is 3.32. The first kappa shape index (κ1) is 13.8. The van der Waals surface area contributed by atoms with Crippen LogP contribution < -0.4 is 10.5 Å². The summed E-state index contributed by atoms with van der Waals surface area (Å²) in [4.78, 5) is 13.2. The van der Waals surface area contributed by atoms with Gasteiger partial charge in [0.05, 0.1) is 7.11 Å². The first-order chi connectivity index (χ1) is 8.08. The molecule has 1 aromatic carbocycles. The van der Waals surface area contributed by atoms with Crippen LogP contribution in [0.15, 0.2) is 18.2 Å². The molecule has 5 heteroatoms. The van der Waals surface area contributed by atoms with Crippen LogP contribution in [0, 0.1) is 0 Å². The van der Waals surface area contributed by atoms with Gasteiger partial charge in [-0.3, -0.25) is 4.79 Å². The molecule has 94 valence electrons. The SMILES string of the molecule is COc1ccc(CN(C)C(=O)CCN)c(Cl)c1. The number of methoxy groups -OCH3 is 1. The van der Waals surface area contributed by atoms with Crippen LogP contribution in [0.3, 0.4) is 0 Å². The van der Waals surface area contributed by atoms with E-state index in [1.807, 2.05) is 12.1 Å². The Hall–Kier alpha value is -1.26. The van der Waals surface area contributed by atoms with E-state index in [9.17, 15) is 4.79 Å². The van der Waals surface area contributed by atoms with E-state index in [1.165, 1.54) is 0 Å². The molecule has 0 saturated heterocycles. The summed E-state index contributed by atoms with van der Waals surface area (Å²) in [6.07, 6.45) is 0.351. The standard InChI is InChI=1S/C12H17ClN2O2/c1-15(12(16)5-6-14)8-9-3-4-10(17-2)7-11(9)13/h3-4,7H,5-6,8,14H2,1-2H3. The number of carbonyl (C=O) groups excluding carboxylic acids is 1. The minimum atomic E-state index is 0.0133. The highest BCUT2D eigenvalue weighted by Gasteiger charge is 2.10. The molecule has 1 rings (SSSR count). The number of nitrogens with two attached hydrogens (primary N) is 1. The molecule has 0 bridgehead atoms. The summed E-state index contributed by atoms with van der Waals surface area (Å²) in [5.74, 6) is 0.717. The summed E-state index contributed by atoms with van der Waals surface area (Å²) >= 11 is 6.09. The fourth-order valence-electron chi connectivity index (χ4n) is 1.44. The number of carbonyl (C=O) groups is 1. The van der Waals surface area contributed by atoms with Crippen LogP contribution in [0.4, 0.5) is 0 Å². The van der Waals surface area contributed by atoms with Gasteiger partial charge in [0.1, 0.15) is 5.75 Å². The van der Waals surface area contributed by atoms with Crippen LogP contribution in [0.1, 0.15) is 12.0 Å². The minimum absolute atomic E-state index is 0.0133. The smallest absolute Gasteiger partial charge is 0.223 e. The predicted molar refractivity (Wildman–Crippen MR) is 68.1 cm³/mol. The monoisotopic (exact) mass is 256 g/mol. The summed E-state index contributed by atoms with van der Waals surface area (Å²) < 4.78 is 5.06. The molecule has 0 spiro atoms. The second kappa shape index (κ2) is 6.47. The lowest BCUT2D eigenvalue weighted by molar-refractivity contribution is -0.130. The number of ether oxygens (including phenoxy) is 1. The van der Waals surface area contributed by atoms with Gasteiger partial charge in [-0.25, -0.2) is 0 Å². The molecule has 1 amide bonds. The van der Waals surface area contributed by atoms with Gasteiger partial charge < -0.3 is 15.4 Å². The van der Waals surface area contributed by atoms with Gasteiger partial charge in [-0.1, -0.05) is 17.7 Å². The number of benzene rings is 1. The number of nitrogens with zero attached hydrogens (tertiary/aromatic N) is 1. The van der Waals surface area contributed by atoms with Crippen molar-refractivity contribution in [3.05, 3.63) is 28.8 Å². The minimum Gasteiger partial charge on any atom is -0.497 e. The first-order valence-electron chi connectivity index (χ1n) is 5.35. The van der Waals surface area contributed by atoms with Crippen molar-refractivity contribution >= 4 is 17.5 Å². The maximum atomic E-state index is 11.6. The van der Waals surface area contributed by atoms with Crippen molar-refractivity contribution in [1.29, 1.82) is 0 Å². The molecule has 1 aromatic rings. The van der Waals surface area contributed by atoms with Crippen molar-refractivity contribution in [2.45, 2.75) is 13.0 Å². The zero-order chi connectivity index (χ0) is 12.8. The Bertz CT molecular complexity index is 396. The van der Waals surface area contributed by atoms with E-state index in [2.05, 4.69) is 0 Å². The van der Waals surface area contributed by atoms with Gasteiger partial charge in [0.15, 0.2) is 0 Å². The van der Waals surface area contributed by atoms with Gasteiger partial charge in [-0.15, -0.1) is 0 Å². The summed E-state index contributed by atoms with van der Waals surface area (Å²) in [6, 6.07) is 5.41. The molecule has 0 atom stereocenters. The van der Waals surface area contributed by atoms with E-state index in [0.29, 0.717) is 30.3 Å². The van der Waals surface area contributed by atoms with Crippen molar-refractivity contribution in [1.82, 2.24) is 4.90 Å². The van der Waals surface area contributed by atoms with Crippen LogP contribution in [-0.2, 0) is 11.3 Å². The van der Waals surface area contributed by atoms with Gasteiger partial charge in [-0.05, 0) is 17.7 Å². The Kier molecular flexibility index (Phi) is 5.25. The van der Waals surface area contributed by atoms with Crippen molar-refractivity contribution in [2.75, 3.05) is 20.7 Å². The molecule has 0 fully saturated rings. The van der Waals surface area contributed by atoms with Crippen LogP contribution in [0.5, 0.6) is 5.75 Å². The van der Waals surface area contributed by atoms with Crippen molar-refractivity contribution in [3.63, 3.8) is 0 Å². The average molecular weight is 257 g/mol. The van der Waals surface area contributed by atoms with Crippen LogP contribution in [-0.4, -0.2) is 31.5 Å². The third kappa shape index (κ3) is 3.91. The van der Waals surface area contributed by atoms with E-state index in [-0.39, 0.29) is 5.91 Å². The molecule has 0 aliphatic rings. The molecule has 2 N–H and O–H groups in total. The zero-order valence-corrected chi connectivity index (χ0v) is 10.8. The fraction of sp³-hybridized carbons (Fsp3) is 0.417. The topological polar surface area (TPSA) is 55.6 Å². The van der Waals surface area contributed by atoms with E-state index in [1.54, 1.807) is 25.1 Å². The number of halogens is 1. The maximum absolute atomic E-state index is 11.6. The van der Waals surface area contributed by atoms with Crippen LogP contribution >= 0.6 is 11.6 Å². The van der Waals surface area contributed by atoms with E-state index < -0.39 is 0 Å². The summed E-state index contributed by atoms with van der Waals surface area (Å²) in [5, 5.41) is 0.594. The summed E-state index contributed by atoms with van der Waals surface area (Å²) in [5.41, 5.74) is 6.23. The van der Waals surface area contributed by atoms with Gasteiger partial charge in [0.25, 0.3) is 0 Å². The van der Waals surface area contributed by atoms with E-state index in [0.717, 1.165) is 5.56 Å². The Morgan fingerprint density at radius 2 is 2.24 bits per heavy atom. The van der Waals surface area contributed by atoms with Gasteiger partial charge in [0, 0.05) is 31.6 Å². The highest BCUT2D eigenvalue weighted by atomic mass is 35.5. The largest absolute Gasteiger partial charge is 0.497 e.